The van der Waals surface area contributed by atoms with E-state index < -0.39 is 67.3 Å². The highest BCUT2D eigenvalue weighted by Crippen LogP contribution is 2.26. The second kappa shape index (κ2) is 50.2. The molecule has 12 nitrogen and oxygen atoms in total. The Morgan fingerprint density at radius 3 is 1.39 bits per heavy atom. The highest BCUT2D eigenvalue weighted by atomic mass is 16.7. The van der Waals surface area contributed by atoms with Crippen LogP contribution in [0.15, 0.2) is 109 Å². The Hall–Kier alpha value is -4.62. The van der Waals surface area contributed by atoms with Gasteiger partial charge in [0.1, 0.15) is 18.8 Å². The fraction of sp³-hybridized carbons (Fsp3) is 0.651. The summed E-state index contributed by atoms with van der Waals surface area (Å²) in [6.07, 6.45) is 55.1. The number of carboxylic acids is 1. The lowest BCUT2D eigenvalue weighted by atomic mass is 9.98. The normalized spacial score (nSPS) is 19.0. The fourth-order valence-electron chi connectivity index (χ4n) is 7.89. The molecule has 0 aromatic rings. The van der Waals surface area contributed by atoms with E-state index in [2.05, 4.69) is 112 Å². The molecule has 75 heavy (non-hydrogen) atoms. The highest BCUT2D eigenvalue weighted by molar-refractivity contribution is 5.74. The Labute approximate surface area is 453 Å². The van der Waals surface area contributed by atoms with E-state index in [1.165, 1.54) is 25.7 Å². The molecule has 1 aliphatic heterocycles. The lowest BCUT2D eigenvalue weighted by Gasteiger charge is -2.40. The molecule has 1 aliphatic rings. The number of allylic oxidation sites excluding steroid dienone is 18. The molecule has 1 fully saturated rings. The highest BCUT2D eigenvalue weighted by Gasteiger charge is 2.50. The van der Waals surface area contributed by atoms with Gasteiger partial charge in [0.05, 0.1) is 6.61 Å². The van der Waals surface area contributed by atoms with Crippen molar-refractivity contribution < 1.29 is 58.2 Å². The van der Waals surface area contributed by atoms with E-state index in [1.807, 2.05) is 18.2 Å². The van der Waals surface area contributed by atoms with Crippen molar-refractivity contribution in [1.82, 2.24) is 0 Å². The van der Waals surface area contributed by atoms with E-state index in [-0.39, 0.29) is 25.9 Å². The van der Waals surface area contributed by atoms with Crippen LogP contribution in [0.1, 0.15) is 213 Å². The number of carbonyl (C=O) groups excluding carboxylic acids is 3. The number of rotatable bonds is 47. The summed E-state index contributed by atoms with van der Waals surface area (Å²) in [4.78, 5) is 51.0. The largest absolute Gasteiger partial charge is 0.479 e. The molecule has 6 atom stereocenters. The minimum atomic E-state index is -1.93. The van der Waals surface area contributed by atoms with Gasteiger partial charge in [0.2, 0.25) is 0 Å². The third-order valence-electron chi connectivity index (χ3n) is 12.3. The van der Waals surface area contributed by atoms with Gasteiger partial charge in [0.15, 0.2) is 24.6 Å². The van der Waals surface area contributed by atoms with Crippen molar-refractivity contribution in [3.05, 3.63) is 109 Å². The van der Waals surface area contributed by atoms with E-state index in [0.717, 1.165) is 122 Å². The van der Waals surface area contributed by atoms with Gasteiger partial charge in [0.25, 0.3) is 0 Å². The number of unbranched alkanes of at least 4 members (excludes halogenated alkanes) is 15. The zero-order valence-electron chi connectivity index (χ0n) is 46.5. The standard InChI is InChI=1S/C63H100O12/c1-4-7-10-13-16-19-22-25-26-27-28-29-30-33-34-37-40-43-46-49-55(64)71-52-54(73-56(65)50-47-44-41-38-35-31-23-20-17-14-11-8-5-2)53-72-63-61(59(68)58(67)60(75-63)62(69)70)74-57(66)51-48-45-42-39-36-32-24-21-18-15-12-9-6-3/h9,11-12,14,16,18-21,23,25-26,28-29,32,36,42,45,54,58-61,63,67-68H,4-8,10,13,15,17,22,24,27,30-31,33-35,37-41,43-44,46-53H2,1-3H3,(H,69,70)/b12-9-,14-11-,19-16-,21-18-,23-20-,26-25-,29-28-,36-32-,45-42-. The van der Waals surface area contributed by atoms with Crippen LogP contribution in [-0.4, -0.2) is 89.2 Å². The number of aliphatic carboxylic acids is 1. The second-order valence-corrected chi connectivity index (χ2v) is 19.2. The molecule has 0 aromatic carbocycles. The third-order valence-corrected chi connectivity index (χ3v) is 12.3. The van der Waals surface area contributed by atoms with Gasteiger partial charge in [-0.25, -0.2) is 4.79 Å². The van der Waals surface area contributed by atoms with Crippen LogP contribution >= 0.6 is 0 Å². The van der Waals surface area contributed by atoms with Crippen molar-refractivity contribution in [2.24, 2.45) is 0 Å². The van der Waals surface area contributed by atoms with E-state index in [1.54, 1.807) is 0 Å². The first-order valence-corrected chi connectivity index (χ1v) is 28.9. The smallest absolute Gasteiger partial charge is 0.335 e. The van der Waals surface area contributed by atoms with E-state index in [4.69, 9.17) is 23.7 Å². The Kier molecular flexibility index (Phi) is 45.8. The molecular weight excluding hydrogens is 949 g/mol. The zero-order chi connectivity index (χ0) is 54.7. The summed E-state index contributed by atoms with van der Waals surface area (Å²) in [5.41, 5.74) is 0. The summed E-state index contributed by atoms with van der Waals surface area (Å²) in [6, 6.07) is 0. The fourth-order valence-corrected chi connectivity index (χ4v) is 7.89. The number of aliphatic hydroxyl groups is 2. The topological polar surface area (TPSA) is 175 Å². The maximum atomic E-state index is 13.1. The molecule has 12 heteroatoms. The van der Waals surface area contributed by atoms with Gasteiger partial charge < -0.3 is 39.0 Å². The van der Waals surface area contributed by atoms with Gasteiger partial charge in [0, 0.05) is 19.3 Å². The number of hydrogen-bond donors (Lipinski definition) is 3. The van der Waals surface area contributed by atoms with Gasteiger partial charge in [-0.1, -0.05) is 194 Å². The number of carbonyl (C=O) groups is 4. The first-order valence-electron chi connectivity index (χ1n) is 28.9. The van der Waals surface area contributed by atoms with Crippen LogP contribution in [0.4, 0.5) is 0 Å². The van der Waals surface area contributed by atoms with Crippen LogP contribution in [0.2, 0.25) is 0 Å². The molecule has 3 N–H and O–H groups in total. The number of aliphatic hydroxyl groups excluding tert-OH is 2. The number of carboxylic acid groups (broad SMARTS) is 1. The first kappa shape index (κ1) is 68.4. The van der Waals surface area contributed by atoms with Crippen molar-refractivity contribution in [3.8, 4) is 0 Å². The van der Waals surface area contributed by atoms with Crippen LogP contribution in [0.5, 0.6) is 0 Å². The van der Waals surface area contributed by atoms with Crippen molar-refractivity contribution in [2.75, 3.05) is 13.2 Å². The van der Waals surface area contributed by atoms with Crippen molar-refractivity contribution in [2.45, 2.75) is 250 Å². The van der Waals surface area contributed by atoms with Crippen molar-refractivity contribution >= 4 is 23.9 Å². The molecule has 424 valence electrons. The monoisotopic (exact) mass is 1050 g/mol. The van der Waals surface area contributed by atoms with Crippen LogP contribution in [0, 0.1) is 0 Å². The molecular formula is C63H100O12. The minimum absolute atomic E-state index is 0.0687. The summed E-state index contributed by atoms with van der Waals surface area (Å²) in [7, 11) is 0. The van der Waals surface area contributed by atoms with Crippen molar-refractivity contribution in [1.29, 1.82) is 0 Å². The lowest BCUT2D eigenvalue weighted by Crippen LogP contribution is -2.61. The minimum Gasteiger partial charge on any atom is -0.479 e. The Morgan fingerprint density at radius 1 is 0.453 bits per heavy atom. The van der Waals surface area contributed by atoms with Gasteiger partial charge in [-0.2, -0.15) is 0 Å². The Bertz CT molecular complexity index is 1720. The number of ether oxygens (including phenoxy) is 5. The molecule has 1 heterocycles. The summed E-state index contributed by atoms with van der Waals surface area (Å²) in [5.74, 6) is -3.28. The SMILES string of the molecule is CC/C=C\C/C=C\C/C=C\C/C=C\CCC(=O)OC1C(OCC(COC(=O)CCCCCCCC/C=C\C/C=C\C/C=C\CCCCC)OC(=O)CCCCCCC/C=C\C/C=C\CCC)OC(C(=O)O)C(O)C1O. The molecule has 0 aromatic heterocycles. The van der Waals surface area contributed by atoms with E-state index in [0.29, 0.717) is 25.7 Å². The van der Waals surface area contributed by atoms with Crippen molar-refractivity contribution in [3.63, 3.8) is 0 Å². The van der Waals surface area contributed by atoms with Gasteiger partial charge in [-0.3, -0.25) is 14.4 Å². The van der Waals surface area contributed by atoms with E-state index >= 15 is 0 Å². The van der Waals surface area contributed by atoms with Gasteiger partial charge in [-0.15, -0.1) is 0 Å². The molecule has 1 rings (SSSR count). The maximum absolute atomic E-state index is 13.1. The third kappa shape index (κ3) is 40.3. The lowest BCUT2D eigenvalue weighted by molar-refractivity contribution is -0.301. The molecule has 0 spiro atoms. The number of hydrogen-bond acceptors (Lipinski definition) is 11. The van der Waals surface area contributed by atoms with Crippen LogP contribution in [-0.2, 0) is 42.9 Å². The zero-order valence-corrected chi connectivity index (χ0v) is 46.5. The Balaban J connectivity index is 2.74. The van der Waals surface area contributed by atoms with Crippen LogP contribution < -0.4 is 0 Å². The molecule has 0 radical (unpaired) electrons. The molecule has 1 saturated heterocycles. The predicted octanol–water partition coefficient (Wildman–Crippen LogP) is 14.7. The molecule has 6 unspecified atom stereocenters. The average Bonchev–Trinajstić information content (AvgIpc) is 3.39. The predicted molar refractivity (Wildman–Crippen MR) is 303 cm³/mol. The first-order chi connectivity index (χ1) is 36.6. The molecule has 0 bridgehead atoms. The average molecular weight is 1050 g/mol. The maximum Gasteiger partial charge on any atom is 0.335 e. The summed E-state index contributed by atoms with van der Waals surface area (Å²) < 4.78 is 28.3. The quantitative estimate of drug-likeness (QED) is 0.0228. The molecule has 0 saturated carbocycles. The van der Waals surface area contributed by atoms with Gasteiger partial charge >= 0.3 is 23.9 Å². The summed E-state index contributed by atoms with van der Waals surface area (Å²) >= 11 is 0. The summed E-state index contributed by atoms with van der Waals surface area (Å²) in [6.45, 7) is 5.71. The number of esters is 3. The van der Waals surface area contributed by atoms with Crippen LogP contribution in [0.25, 0.3) is 0 Å². The molecule has 0 aliphatic carbocycles. The summed E-state index contributed by atoms with van der Waals surface area (Å²) in [5, 5.41) is 31.4. The van der Waals surface area contributed by atoms with Gasteiger partial charge in [-0.05, 0) is 109 Å². The Morgan fingerprint density at radius 2 is 0.893 bits per heavy atom. The van der Waals surface area contributed by atoms with E-state index in [9.17, 15) is 34.5 Å². The second-order valence-electron chi connectivity index (χ2n) is 19.2. The van der Waals surface area contributed by atoms with Crippen LogP contribution in [0.3, 0.4) is 0 Å². The molecule has 0 amide bonds.